The molecule has 0 radical (unpaired) electrons. The quantitative estimate of drug-likeness (QED) is 0.380. The maximum absolute atomic E-state index is 5.61. The maximum atomic E-state index is 5.61. The monoisotopic (exact) mass is 364 g/mol. The van der Waals surface area contributed by atoms with Crippen molar-refractivity contribution in [3.63, 3.8) is 0 Å². The van der Waals surface area contributed by atoms with Gasteiger partial charge in [0.25, 0.3) is 0 Å². The topological polar surface area (TPSA) is 62.0 Å². The molecule has 1 aliphatic rings. The van der Waals surface area contributed by atoms with Crippen molar-refractivity contribution in [2.24, 2.45) is 10.9 Å². The van der Waals surface area contributed by atoms with E-state index in [0.29, 0.717) is 25.2 Å². The Morgan fingerprint density at radius 3 is 3.04 bits per heavy atom. The zero-order valence-electron chi connectivity index (χ0n) is 16.7. The zero-order valence-corrected chi connectivity index (χ0v) is 16.7. The van der Waals surface area contributed by atoms with E-state index in [1.54, 1.807) is 6.26 Å². The highest BCUT2D eigenvalue weighted by atomic mass is 16.5. The van der Waals surface area contributed by atoms with Gasteiger partial charge in [-0.15, -0.1) is 0 Å². The third kappa shape index (κ3) is 7.79. The van der Waals surface area contributed by atoms with E-state index in [1.165, 1.54) is 25.9 Å². The Kier molecular flexibility index (Phi) is 9.56. The molecule has 0 spiro atoms. The van der Waals surface area contributed by atoms with Gasteiger partial charge in [0, 0.05) is 38.8 Å². The van der Waals surface area contributed by atoms with Crippen LogP contribution in [-0.4, -0.2) is 56.2 Å². The minimum atomic E-state index is 0.537. The molecule has 6 heteroatoms. The number of nitrogens with zero attached hydrogens (tertiary/aromatic N) is 2. The van der Waals surface area contributed by atoms with Crippen molar-refractivity contribution in [3.8, 4) is 0 Å². The van der Waals surface area contributed by atoms with Gasteiger partial charge in [0.2, 0.25) is 0 Å². The SMILES string of the molecule is CCNC(=NCC1CCCN(C(C)C)C1)NCCCOCc1ccco1. The number of hydrogen-bond donors (Lipinski definition) is 2. The molecule has 6 nitrogen and oxygen atoms in total. The standard InChI is InChI=1S/C20H36N4O2/c1-4-21-20(22-10-7-12-25-16-19-9-6-13-26-19)23-14-18-8-5-11-24(15-18)17(2)3/h6,9,13,17-18H,4-5,7-8,10-12,14-16H2,1-3H3,(H2,21,22,23). The van der Waals surface area contributed by atoms with Gasteiger partial charge in [0.1, 0.15) is 12.4 Å². The van der Waals surface area contributed by atoms with E-state index in [4.69, 9.17) is 14.1 Å². The van der Waals surface area contributed by atoms with Crippen molar-refractivity contribution < 1.29 is 9.15 Å². The van der Waals surface area contributed by atoms with Gasteiger partial charge in [-0.1, -0.05) is 0 Å². The number of nitrogens with one attached hydrogen (secondary N) is 2. The molecule has 0 amide bonds. The van der Waals surface area contributed by atoms with E-state index in [1.807, 2.05) is 12.1 Å². The zero-order chi connectivity index (χ0) is 18.6. The molecule has 26 heavy (non-hydrogen) atoms. The fraction of sp³-hybridized carbons (Fsp3) is 0.750. The Morgan fingerprint density at radius 1 is 1.42 bits per heavy atom. The number of hydrogen-bond acceptors (Lipinski definition) is 4. The normalized spacial score (nSPS) is 19.1. The molecule has 1 atom stereocenters. The minimum absolute atomic E-state index is 0.537. The second kappa shape index (κ2) is 12.0. The summed E-state index contributed by atoms with van der Waals surface area (Å²) in [5.41, 5.74) is 0. The predicted molar refractivity (Wildman–Crippen MR) is 106 cm³/mol. The van der Waals surface area contributed by atoms with Crippen LogP contribution < -0.4 is 10.6 Å². The van der Waals surface area contributed by atoms with Crippen LogP contribution in [0.5, 0.6) is 0 Å². The van der Waals surface area contributed by atoms with Gasteiger partial charge in [0.15, 0.2) is 5.96 Å². The van der Waals surface area contributed by atoms with Crippen molar-refractivity contribution in [1.82, 2.24) is 15.5 Å². The van der Waals surface area contributed by atoms with Gasteiger partial charge in [-0.2, -0.15) is 0 Å². The van der Waals surface area contributed by atoms with Gasteiger partial charge in [0.05, 0.1) is 6.26 Å². The summed E-state index contributed by atoms with van der Waals surface area (Å²) < 4.78 is 10.9. The van der Waals surface area contributed by atoms with Crippen molar-refractivity contribution in [2.45, 2.75) is 52.7 Å². The van der Waals surface area contributed by atoms with Crippen LogP contribution in [0.15, 0.2) is 27.8 Å². The van der Waals surface area contributed by atoms with Gasteiger partial charge in [-0.25, -0.2) is 0 Å². The Morgan fingerprint density at radius 2 is 2.31 bits per heavy atom. The van der Waals surface area contributed by atoms with Crippen LogP contribution in [-0.2, 0) is 11.3 Å². The lowest BCUT2D eigenvalue weighted by atomic mass is 9.97. The second-order valence-corrected chi connectivity index (χ2v) is 7.23. The molecule has 1 aliphatic heterocycles. The Balaban J connectivity index is 1.64. The highest BCUT2D eigenvalue weighted by Crippen LogP contribution is 2.18. The molecule has 148 valence electrons. The van der Waals surface area contributed by atoms with Gasteiger partial charge < -0.3 is 24.7 Å². The van der Waals surface area contributed by atoms with E-state index in [9.17, 15) is 0 Å². The van der Waals surface area contributed by atoms with Crippen molar-refractivity contribution >= 4 is 5.96 Å². The molecule has 0 saturated carbocycles. The molecule has 2 N–H and O–H groups in total. The van der Waals surface area contributed by atoms with E-state index < -0.39 is 0 Å². The molecule has 0 aromatic carbocycles. The number of ether oxygens (including phenoxy) is 1. The van der Waals surface area contributed by atoms with Crippen LogP contribution in [0.2, 0.25) is 0 Å². The third-order valence-electron chi connectivity index (χ3n) is 4.71. The summed E-state index contributed by atoms with van der Waals surface area (Å²) in [6.07, 6.45) is 5.18. The Hall–Kier alpha value is -1.53. The fourth-order valence-corrected chi connectivity index (χ4v) is 3.23. The molecular weight excluding hydrogens is 328 g/mol. The summed E-state index contributed by atoms with van der Waals surface area (Å²) in [5, 5.41) is 6.75. The van der Waals surface area contributed by atoms with Crippen LogP contribution in [0.4, 0.5) is 0 Å². The van der Waals surface area contributed by atoms with E-state index >= 15 is 0 Å². The molecule has 1 fully saturated rings. The Bertz CT molecular complexity index is 502. The second-order valence-electron chi connectivity index (χ2n) is 7.23. The molecule has 1 saturated heterocycles. The van der Waals surface area contributed by atoms with Gasteiger partial charge in [-0.05, 0) is 64.6 Å². The summed E-state index contributed by atoms with van der Waals surface area (Å²) in [6.45, 7) is 12.9. The number of rotatable bonds is 10. The first-order valence-corrected chi connectivity index (χ1v) is 10.1. The van der Waals surface area contributed by atoms with Crippen LogP contribution in [0, 0.1) is 5.92 Å². The highest BCUT2D eigenvalue weighted by molar-refractivity contribution is 5.79. The molecule has 2 heterocycles. The lowest BCUT2D eigenvalue weighted by Gasteiger charge is -2.34. The number of guanidine groups is 1. The Labute approximate surface area is 158 Å². The first-order valence-electron chi connectivity index (χ1n) is 10.1. The average molecular weight is 365 g/mol. The minimum Gasteiger partial charge on any atom is -0.467 e. The first-order chi connectivity index (χ1) is 12.7. The number of piperidine rings is 1. The average Bonchev–Trinajstić information content (AvgIpc) is 3.16. The summed E-state index contributed by atoms with van der Waals surface area (Å²) in [6, 6.07) is 4.45. The van der Waals surface area contributed by atoms with Crippen LogP contribution in [0.25, 0.3) is 0 Å². The van der Waals surface area contributed by atoms with Crippen molar-refractivity contribution in [2.75, 3.05) is 39.3 Å². The summed E-state index contributed by atoms with van der Waals surface area (Å²) in [7, 11) is 0. The van der Waals surface area contributed by atoms with E-state index in [-0.39, 0.29) is 0 Å². The lowest BCUT2D eigenvalue weighted by molar-refractivity contribution is 0.105. The number of aliphatic imine (C=N–C) groups is 1. The largest absolute Gasteiger partial charge is 0.467 e. The van der Waals surface area contributed by atoms with Crippen molar-refractivity contribution in [3.05, 3.63) is 24.2 Å². The van der Waals surface area contributed by atoms with Crippen molar-refractivity contribution in [1.29, 1.82) is 0 Å². The third-order valence-corrected chi connectivity index (χ3v) is 4.71. The van der Waals surface area contributed by atoms with Crippen LogP contribution in [0.3, 0.4) is 0 Å². The molecule has 0 bridgehead atoms. The molecule has 1 unspecified atom stereocenters. The fourth-order valence-electron chi connectivity index (χ4n) is 3.23. The highest BCUT2D eigenvalue weighted by Gasteiger charge is 2.21. The molecular formula is C20H36N4O2. The molecule has 1 aromatic rings. The predicted octanol–water partition coefficient (Wildman–Crippen LogP) is 2.86. The summed E-state index contributed by atoms with van der Waals surface area (Å²) in [4.78, 5) is 7.37. The van der Waals surface area contributed by atoms with E-state index in [2.05, 4.69) is 36.3 Å². The van der Waals surface area contributed by atoms with Gasteiger partial charge >= 0.3 is 0 Å². The van der Waals surface area contributed by atoms with Gasteiger partial charge in [-0.3, -0.25) is 4.99 Å². The molecule has 1 aromatic heterocycles. The summed E-state index contributed by atoms with van der Waals surface area (Å²) in [5.74, 6) is 2.45. The number of likely N-dealkylation sites (tertiary alicyclic amines) is 1. The van der Waals surface area contributed by atoms with Crippen LogP contribution in [0.1, 0.15) is 45.8 Å². The van der Waals surface area contributed by atoms with E-state index in [0.717, 1.165) is 37.8 Å². The lowest BCUT2D eigenvalue weighted by Crippen LogP contribution is -2.42. The van der Waals surface area contributed by atoms with Crippen LogP contribution >= 0.6 is 0 Å². The molecule has 2 rings (SSSR count). The number of furan rings is 1. The molecule has 0 aliphatic carbocycles. The maximum Gasteiger partial charge on any atom is 0.191 e. The first kappa shape index (κ1) is 20.8. The smallest absolute Gasteiger partial charge is 0.191 e. The summed E-state index contributed by atoms with van der Waals surface area (Å²) >= 11 is 0.